The summed E-state index contributed by atoms with van der Waals surface area (Å²) in [6.07, 6.45) is 2.46. The lowest BCUT2D eigenvalue weighted by Gasteiger charge is -2.34. The molecule has 6 nitrogen and oxygen atoms in total. The second-order valence-corrected chi connectivity index (χ2v) is 10.2. The first-order valence-corrected chi connectivity index (χ1v) is 11.7. The topological polar surface area (TPSA) is 66.9 Å². The number of sulfonamides is 1. The van der Waals surface area contributed by atoms with Crippen molar-refractivity contribution in [1.82, 2.24) is 9.21 Å². The van der Waals surface area contributed by atoms with E-state index in [0.29, 0.717) is 25.3 Å². The van der Waals surface area contributed by atoms with Crippen LogP contribution in [0.5, 0.6) is 0 Å². The van der Waals surface area contributed by atoms with Gasteiger partial charge in [0.25, 0.3) is 5.91 Å². The fraction of sp³-hybridized carbons (Fsp3) is 0.450. The molecule has 1 aromatic carbocycles. The summed E-state index contributed by atoms with van der Waals surface area (Å²) in [5.41, 5.74) is 0.510. The smallest absolute Gasteiger partial charge is 0.254 e. The average molecular weight is 423 g/mol. The first-order valence-electron chi connectivity index (χ1n) is 9.33. The van der Waals surface area contributed by atoms with E-state index in [1.807, 2.05) is 16.3 Å². The van der Waals surface area contributed by atoms with Gasteiger partial charge in [0.2, 0.25) is 10.0 Å². The Balaban J connectivity index is 1.79. The fourth-order valence-electron chi connectivity index (χ4n) is 3.28. The van der Waals surface area contributed by atoms with Gasteiger partial charge < -0.3 is 9.64 Å². The van der Waals surface area contributed by atoms with Crippen molar-refractivity contribution in [3.63, 3.8) is 0 Å². The minimum absolute atomic E-state index is 0.0581. The number of carbonyl (C=O) groups is 1. The number of ether oxygens (including phenoxy) is 1. The molecule has 0 bridgehead atoms. The standard InChI is InChI=1S/C20H26N2O4S2/c1-21(2)28(24,25)19-7-5-16(6-8-19)20(23)22(17-10-13-26-14-11-17)12-9-18-4-3-15-27-18/h3-8,15,17H,9-14H2,1-2H3. The number of thiophene rings is 1. The first kappa shape index (κ1) is 21.0. The maximum Gasteiger partial charge on any atom is 0.254 e. The highest BCUT2D eigenvalue weighted by Crippen LogP contribution is 2.21. The molecule has 1 saturated heterocycles. The van der Waals surface area contributed by atoms with Crippen LogP contribution >= 0.6 is 11.3 Å². The van der Waals surface area contributed by atoms with E-state index in [-0.39, 0.29) is 16.8 Å². The predicted molar refractivity (Wildman–Crippen MR) is 110 cm³/mol. The molecule has 0 saturated carbocycles. The lowest BCUT2D eigenvalue weighted by molar-refractivity contribution is 0.0294. The zero-order valence-electron chi connectivity index (χ0n) is 16.2. The molecule has 0 spiro atoms. The van der Waals surface area contributed by atoms with Crippen molar-refractivity contribution in [2.75, 3.05) is 33.9 Å². The third-order valence-corrected chi connectivity index (χ3v) is 7.72. The first-order chi connectivity index (χ1) is 13.4. The van der Waals surface area contributed by atoms with Crippen molar-refractivity contribution in [2.45, 2.75) is 30.2 Å². The Bertz CT molecular complexity index is 871. The van der Waals surface area contributed by atoms with Gasteiger partial charge in [0, 0.05) is 50.3 Å². The van der Waals surface area contributed by atoms with Crippen LogP contribution < -0.4 is 0 Å². The third kappa shape index (κ3) is 4.81. The number of benzene rings is 1. The molecule has 0 unspecified atom stereocenters. The van der Waals surface area contributed by atoms with E-state index < -0.39 is 10.0 Å². The Kier molecular flexibility index (Phi) is 6.87. The van der Waals surface area contributed by atoms with Crippen molar-refractivity contribution in [1.29, 1.82) is 0 Å². The van der Waals surface area contributed by atoms with E-state index in [0.717, 1.165) is 19.3 Å². The van der Waals surface area contributed by atoms with Crippen LogP contribution in [0, 0.1) is 0 Å². The molecule has 1 aliphatic heterocycles. The van der Waals surface area contributed by atoms with Gasteiger partial charge in [-0.2, -0.15) is 0 Å². The Hall–Kier alpha value is -1.74. The van der Waals surface area contributed by atoms with Gasteiger partial charge in [-0.25, -0.2) is 12.7 Å². The van der Waals surface area contributed by atoms with Crippen LogP contribution in [0.25, 0.3) is 0 Å². The molecule has 0 aliphatic carbocycles. The Morgan fingerprint density at radius 3 is 2.39 bits per heavy atom. The van der Waals surface area contributed by atoms with Gasteiger partial charge in [-0.3, -0.25) is 4.79 Å². The highest BCUT2D eigenvalue weighted by atomic mass is 32.2. The molecule has 0 atom stereocenters. The summed E-state index contributed by atoms with van der Waals surface area (Å²) in [7, 11) is -0.523. The zero-order chi connectivity index (χ0) is 20.1. The molecular weight excluding hydrogens is 396 g/mol. The summed E-state index contributed by atoms with van der Waals surface area (Å²) in [5.74, 6) is -0.0581. The van der Waals surface area contributed by atoms with E-state index in [1.165, 1.54) is 35.4 Å². The lowest BCUT2D eigenvalue weighted by atomic mass is 10.0. The van der Waals surface area contributed by atoms with Crippen molar-refractivity contribution in [3.8, 4) is 0 Å². The molecule has 0 N–H and O–H groups in total. The van der Waals surface area contributed by atoms with Gasteiger partial charge in [-0.05, 0) is 55.0 Å². The lowest BCUT2D eigenvalue weighted by Crippen LogP contribution is -2.44. The largest absolute Gasteiger partial charge is 0.381 e. The Morgan fingerprint density at radius 2 is 1.82 bits per heavy atom. The summed E-state index contributed by atoms with van der Waals surface area (Å²) >= 11 is 1.69. The quantitative estimate of drug-likeness (QED) is 0.688. The minimum Gasteiger partial charge on any atom is -0.381 e. The molecule has 1 amide bonds. The maximum atomic E-state index is 13.2. The van der Waals surface area contributed by atoms with Gasteiger partial charge in [0.05, 0.1) is 4.90 Å². The van der Waals surface area contributed by atoms with Gasteiger partial charge in [-0.15, -0.1) is 11.3 Å². The van der Waals surface area contributed by atoms with Crippen LogP contribution in [-0.2, 0) is 21.2 Å². The molecule has 1 aromatic heterocycles. The van der Waals surface area contributed by atoms with E-state index in [1.54, 1.807) is 23.5 Å². The fourth-order valence-corrected chi connectivity index (χ4v) is 4.88. The highest BCUT2D eigenvalue weighted by Gasteiger charge is 2.27. The molecular formula is C20H26N2O4S2. The summed E-state index contributed by atoms with van der Waals surface area (Å²) in [6.45, 7) is 1.96. The highest BCUT2D eigenvalue weighted by molar-refractivity contribution is 7.89. The molecule has 152 valence electrons. The predicted octanol–water partition coefficient (Wildman–Crippen LogP) is 2.86. The zero-order valence-corrected chi connectivity index (χ0v) is 17.8. The number of hydrogen-bond donors (Lipinski definition) is 0. The summed E-state index contributed by atoms with van der Waals surface area (Å²) < 4.78 is 31.1. The van der Waals surface area contributed by atoms with Crippen molar-refractivity contribution in [3.05, 3.63) is 52.2 Å². The van der Waals surface area contributed by atoms with Crippen LogP contribution in [0.2, 0.25) is 0 Å². The van der Waals surface area contributed by atoms with Crippen molar-refractivity contribution < 1.29 is 17.9 Å². The molecule has 2 heterocycles. The molecule has 1 aliphatic rings. The van der Waals surface area contributed by atoms with Gasteiger partial charge >= 0.3 is 0 Å². The average Bonchev–Trinajstić information content (AvgIpc) is 3.22. The van der Waals surface area contributed by atoms with Gasteiger partial charge in [0.15, 0.2) is 0 Å². The number of amides is 1. The molecule has 0 radical (unpaired) electrons. The van der Waals surface area contributed by atoms with Crippen LogP contribution in [0.3, 0.4) is 0 Å². The Labute approximate surface area is 170 Å². The molecule has 1 fully saturated rings. The van der Waals surface area contributed by atoms with Gasteiger partial charge in [-0.1, -0.05) is 6.07 Å². The van der Waals surface area contributed by atoms with Crippen LogP contribution in [-0.4, -0.2) is 63.4 Å². The third-order valence-electron chi connectivity index (χ3n) is 4.95. The van der Waals surface area contributed by atoms with E-state index >= 15 is 0 Å². The summed E-state index contributed by atoms with van der Waals surface area (Å²) in [6, 6.07) is 10.5. The number of carbonyl (C=O) groups excluding carboxylic acids is 1. The molecule has 8 heteroatoms. The van der Waals surface area contributed by atoms with E-state index in [2.05, 4.69) is 6.07 Å². The van der Waals surface area contributed by atoms with E-state index in [4.69, 9.17) is 4.74 Å². The minimum atomic E-state index is -3.51. The van der Waals surface area contributed by atoms with Crippen molar-refractivity contribution in [2.24, 2.45) is 0 Å². The molecule has 2 aromatic rings. The molecule has 28 heavy (non-hydrogen) atoms. The van der Waals surface area contributed by atoms with E-state index in [9.17, 15) is 13.2 Å². The molecule has 3 rings (SSSR count). The Morgan fingerprint density at radius 1 is 1.14 bits per heavy atom. The maximum absolute atomic E-state index is 13.2. The number of hydrogen-bond acceptors (Lipinski definition) is 5. The van der Waals surface area contributed by atoms with Crippen LogP contribution in [0.15, 0.2) is 46.7 Å². The number of rotatable bonds is 7. The second-order valence-electron chi connectivity index (χ2n) is 6.98. The summed E-state index contributed by atoms with van der Waals surface area (Å²) in [5, 5.41) is 2.04. The second kappa shape index (κ2) is 9.17. The van der Waals surface area contributed by atoms with Gasteiger partial charge in [0.1, 0.15) is 0 Å². The normalized spacial score (nSPS) is 15.7. The van der Waals surface area contributed by atoms with Crippen molar-refractivity contribution >= 4 is 27.3 Å². The monoisotopic (exact) mass is 422 g/mol. The SMILES string of the molecule is CN(C)S(=O)(=O)c1ccc(C(=O)N(CCc2cccs2)C2CCOCC2)cc1. The van der Waals surface area contributed by atoms with Crippen LogP contribution in [0.4, 0.5) is 0 Å². The number of nitrogens with zero attached hydrogens (tertiary/aromatic N) is 2. The van der Waals surface area contributed by atoms with Crippen LogP contribution in [0.1, 0.15) is 28.1 Å². The summed E-state index contributed by atoms with van der Waals surface area (Å²) in [4.78, 5) is 16.6.